The molecule has 0 spiro atoms. The molecule has 1 saturated heterocycles. The van der Waals surface area contributed by atoms with Gasteiger partial charge in [-0.3, -0.25) is 9.69 Å². The van der Waals surface area contributed by atoms with Crippen LogP contribution in [-0.2, 0) is 4.74 Å². The number of amides is 1. The first-order chi connectivity index (χ1) is 13.2. The van der Waals surface area contributed by atoms with E-state index in [0.717, 1.165) is 17.5 Å². The molecule has 7 heteroatoms. The molecule has 140 valence electrons. The topological polar surface area (TPSA) is 51.7 Å². The second-order valence-corrected chi connectivity index (χ2v) is 7.37. The minimum absolute atomic E-state index is 0.0450. The van der Waals surface area contributed by atoms with E-state index in [-0.39, 0.29) is 12.0 Å². The van der Waals surface area contributed by atoms with Crippen molar-refractivity contribution >= 4 is 32.6 Å². The Bertz CT molecular complexity index is 969. The van der Waals surface area contributed by atoms with E-state index in [1.807, 2.05) is 18.2 Å². The number of benzene rings is 2. The van der Waals surface area contributed by atoms with Crippen LogP contribution in [0.5, 0.6) is 5.75 Å². The summed E-state index contributed by atoms with van der Waals surface area (Å²) in [4.78, 5) is 19.4. The van der Waals surface area contributed by atoms with E-state index in [1.165, 1.54) is 29.5 Å². The highest BCUT2D eigenvalue weighted by Crippen LogP contribution is 2.35. The monoisotopic (exact) mass is 386 g/mol. The highest BCUT2D eigenvalue weighted by molar-refractivity contribution is 7.22. The molecule has 0 N–H and O–H groups in total. The van der Waals surface area contributed by atoms with Crippen molar-refractivity contribution in [1.29, 1.82) is 0 Å². The predicted octanol–water partition coefficient (Wildman–Crippen LogP) is 4.27. The average Bonchev–Trinajstić information content (AvgIpc) is 3.34. The van der Waals surface area contributed by atoms with Crippen molar-refractivity contribution in [3.05, 3.63) is 53.8 Å². The van der Waals surface area contributed by atoms with Crippen molar-refractivity contribution in [1.82, 2.24) is 4.98 Å². The minimum atomic E-state index is -0.441. The number of hydrogen-bond acceptors (Lipinski definition) is 5. The maximum atomic E-state index is 13.6. The van der Waals surface area contributed by atoms with E-state index in [0.29, 0.717) is 35.1 Å². The molecule has 0 aliphatic carbocycles. The summed E-state index contributed by atoms with van der Waals surface area (Å²) < 4.78 is 25.7. The van der Waals surface area contributed by atoms with Gasteiger partial charge in [-0.05, 0) is 43.2 Å². The fourth-order valence-electron chi connectivity index (χ4n) is 3.21. The van der Waals surface area contributed by atoms with E-state index < -0.39 is 5.82 Å². The van der Waals surface area contributed by atoms with Crippen molar-refractivity contribution in [2.24, 2.45) is 0 Å². The maximum Gasteiger partial charge on any atom is 0.260 e. The molecule has 1 fully saturated rings. The third-order valence-corrected chi connectivity index (χ3v) is 5.59. The maximum absolute atomic E-state index is 13.6. The van der Waals surface area contributed by atoms with Gasteiger partial charge in [0.25, 0.3) is 5.91 Å². The second-order valence-electron chi connectivity index (χ2n) is 6.36. The summed E-state index contributed by atoms with van der Waals surface area (Å²) in [6, 6.07) is 11.4. The van der Waals surface area contributed by atoms with Crippen LogP contribution < -0.4 is 9.64 Å². The molecule has 2 heterocycles. The Labute approximate surface area is 160 Å². The molecule has 1 unspecified atom stereocenters. The van der Waals surface area contributed by atoms with Gasteiger partial charge in [-0.2, -0.15) is 0 Å². The predicted molar refractivity (Wildman–Crippen MR) is 103 cm³/mol. The zero-order valence-electron chi connectivity index (χ0n) is 14.9. The molecule has 1 aliphatic heterocycles. The Kier molecular flexibility index (Phi) is 5.05. The second kappa shape index (κ2) is 7.62. The van der Waals surface area contributed by atoms with Crippen LogP contribution in [0.1, 0.15) is 23.2 Å². The van der Waals surface area contributed by atoms with Crippen LogP contribution in [0.25, 0.3) is 10.2 Å². The molecule has 0 saturated carbocycles. The molecule has 3 aromatic rings. The summed E-state index contributed by atoms with van der Waals surface area (Å²) in [5.74, 6) is -0.0721. The van der Waals surface area contributed by atoms with Gasteiger partial charge in [-0.25, -0.2) is 9.37 Å². The molecule has 1 aliphatic rings. The lowest BCUT2D eigenvalue weighted by molar-refractivity contribution is 0.0917. The number of aromatic nitrogens is 1. The van der Waals surface area contributed by atoms with Crippen LogP contribution in [0.15, 0.2) is 42.5 Å². The Morgan fingerprint density at radius 1 is 1.37 bits per heavy atom. The van der Waals surface area contributed by atoms with Gasteiger partial charge < -0.3 is 9.47 Å². The van der Waals surface area contributed by atoms with Gasteiger partial charge in [0.15, 0.2) is 5.13 Å². The fraction of sp³-hybridized carbons (Fsp3) is 0.300. The molecule has 1 amide bonds. The van der Waals surface area contributed by atoms with Crippen LogP contribution in [0.3, 0.4) is 0 Å². The van der Waals surface area contributed by atoms with Crippen LogP contribution in [0, 0.1) is 5.82 Å². The third-order valence-electron chi connectivity index (χ3n) is 4.55. The molecule has 2 aromatic carbocycles. The highest BCUT2D eigenvalue weighted by atomic mass is 32.1. The first kappa shape index (κ1) is 17.9. The lowest BCUT2D eigenvalue weighted by Crippen LogP contribution is -2.37. The number of fused-ring (bicyclic) bond motifs is 1. The average molecular weight is 386 g/mol. The molecule has 4 rings (SSSR count). The molecule has 0 radical (unpaired) electrons. The van der Waals surface area contributed by atoms with Crippen LogP contribution in [-0.4, -0.2) is 37.3 Å². The molecule has 27 heavy (non-hydrogen) atoms. The summed E-state index contributed by atoms with van der Waals surface area (Å²) in [5.41, 5.74) is 1.00. The number of anilines is 1. The Morgan fingerprint density at radius 3 is 2.96 bits per heavy atom. The molecule has 1 atom stereocenters. The number of halogens is 1. The van der Waals surface area contributed by atoms with E-state index in [4.69, 9.17) is 9.47 Å². The SMILES string of the molecule is COc1cccc2sc(N(CC3CCCO3)C(=O)c3cccc(F)c3)nc12. The van der Waals surface area contributed by atoms with Gasteiger partial charge in [-0.1, -0.05) is 23.5 Å². The first-order valence-corrected chi connectivity index (χ1v) is 9.60. The number of rotatable bonds is 5. The zero-order valence-corrected chi connectivity index (χ0v) is 15.7. The van der Waals surface area contributed by atoms with Crippen molar-refractivity contribution in [3.63, 3.8) is 0 Å². The van der Waals surface area contributed by atoms with E-state index >= 15 is 0 Å². The largest absolute Gasteiger partial charge is 0.494 e. The fourth-order valence-corrected chi connectivity index (χ4v) is 4.20. The number of nitrogens with zero attached hydrogens (tertiary/aromatic N) is 2. The van der Waals surface area contributed by atoms with Gasteiger partial charge >= 0.3 is 0 Å². The normalized spacial score (nSPS) is 16.6. The summed E-state index contributed by atoms with van der Waals surface area (Å²) >= 11 is 1.41. The number of carbonyl (C=O) groups excluding carboxylic acids is 1. The molecule has 0 bridgehead atoms. The van der Waals surface area contributed by atoms with Crippen molar-refractivity contribution in [2.45, 2.75) is 18.9 Å². The summed E-state index contributed by atoms with van der Waals surface area (Å²) in [6.45, 7) is 1.08. The lowest BCUT2D eigenvalue weighted by atomic mass is 10.1. The van der Waals surface area contributed by atoms with E-state index in [2.05, 4.69) is 4.98 Å². The summed E-state index contributed by atoms with van der Waals surface area (Å²) in [5, 5.41) is 0.555. The third kappa shape index (κ3) is 3.65. The van der Waals surface area contributed by atoms with Gasteiger partial charge in [0, 0.05) is 12.2 Å². The summed E-state index contributed by atoms with van der Waals surface area (Å²) in [6.07, 6.45) is 1.82. The minimum Gasteiger partial charge on any atom is -0.494 e. The van der Waals surface area contributed by atoms with Crippen molar-refractivity contribution < 1.29 is 18.7 Å². The van der Waals surface area contributed by atoms with E-state index in [9.17, 15) is 9.18 Å². The van der Waals surface area contributed by atoms with Gasteiger partial charge in [0.2, 0.25) is 0 Å². The number of carbonyl (C=O) groups is 1. The van der Waals surface area contributed by atoms with Crippen molar-refractivity contribution in [3.8, 4) is 5.75 Å². The van der Waals surface area contributed by atoms with Crippen LogP contribution in [0.4, 0.5) is 9.52 Å². The van der Waals surface area contributed by atoms with Crippen molar-refractivity contribution in [2.75, 3.05) is 25.2 Å². The standard InChI is InChI=1S/C20H19FN2O3S/c1-25-16-8-3-9-17-18(16)22-20(27-17)23(12-15-7-4-10-26-15)19(24)13-5-2-6-14(21)11-13/h2-3,5-6,8-9,11,15H,4,7,10,12H2,1H3. The van der Waals surface area contributed by atoms with E-state index in [1.54, 1.807) is 18.1 Å². The van der Waals surface area contributed by atoms with Gasteiger partial charge in [0.05, 0.1) is 24.5 Å². The lowest BCUT2D eigenvalue weighted by Gasteiger charge is -2.23. The first-order valence-electron chi connectivity index (χ1n) is 8.78. The Hall–Kier alpha value is -2.51. The van der Waals surface area contributed by atoms with Gasteiger partial charge in [-0.15, -0.1) is 0 Å². The highest BCUT2D eigenvalue weighted by Gasteiger charge is 2.27. The number of hydrogen-bond donors (Lipinski definition) is 0. The smallest absolute Gasteiger partial charge is 0.260 e. The van der Waals surface area contributed by atoms with Crippen LogP contribution in [0.2, 0.25) is 0 Å². The summed E-state index contributed by atoms with van der Waals surface area (Å²) in [7, 11) is 1.59. The molecule has 5 nitrogen and oxygen atoms in total. The number of para-hydroxylation sites is 1. The number of thiazole rings is 1. The Balaban J connectivity index is 1.74. The number of methoxy groups -OCH3 is 1. The molecule has 1 aromatic heterocycles. The number of ether oxygens (including phenoxy) is 2. The van der Waals surface area contributed by atoms with Gasteiger partial charge in [0.1, 0.15) is 17.1 Å². The molecular formula is C20H19FN2O3S. The molecular weight excluding hydrogens is 367 g/mol. The Morgan fingerprint density at radius 2 is 2.22 bits per heavy atom. The van der Waals surface area contributed by atoms with Crippen LogP contribution >= 0.6 is 11.3 Å². The zero-order chi connectivity index (χ0) is 18.8. The quantitative estimate of drug-likeness (QED) is 0.657.